The molecule has 1 amide bonds. The number of likely N-dealkylation sites (tertiary alicyclic amines) is 1. The Hall–Kier alpha value is -2.65. The molecule has 1 spiro atoms. The van der Waals surface area contributed by atoms with Crippen LogP contribution in [-0.4, -0.2) is 94.3 Å². The lowest BCUT2D eigenvalue weighted by Gasteiger charge is -2.48. The molecule has 2 aliphatic heterocycles. The molecule has 0 radical (unpaired) electrons. The maximum absolute atomic E-state index is 11.9. The molecule has 33 heavy (non-hydrogen) atoms. The zero-order valence-electron chi connectivity index (χ0n) is 19.4. The summed E-state index contributed by atoms with van der Waals surface area (Å²) in [5.74, 6) is 1.01. The van der Waals surface area contributed by atoms with E-state index in [0.29, 0.717) is 24.6 Å². The number of hydrogen-bond acceptors (Lipinski definition) is 7. The van der Waals surface area contributed by atoms with Crippen LogP contribution in [0.15, 0.2) is 30.7 Å². The average molecular weight is 455 g/mol. The van der Waals surface area contributed by atoms with Crippen molar-refractivity contribution >= 4 is 11.9 Å². The average Bonchev–Trinajstić information content (AvgIpc) is 3.47. The first kappa shape index (κ1) is 22.2. The Balaban J connectivity index is 1.18. The number of rotatable bonds is 6. The Morgan fingerprint density at radius 1 is 1.27 bits per heavy atom. The van der Waals surface area contributed by atoms with Crippen molar-refractivity contribution in [2.45, 2.75) is 38.8 Å². The molecule has 1 aliphatic carbocycles. The van der Waals surface area contributed by atoms with E-state index in [1.54, 1.807) is 4.68 Å². The highest BCUT2D eigenvalue weighted by molar-refractivity contribution is 5.75. The minimum atomic E-state index is -0.159. The van der Waals surface area contributed by atoms with Crippen LogP contribution >= 0.6 is 0 Å². The van der Waals surface area contributed by atoms with Crippen molar-refractivity contribution in [3.05, 3.63) is 30.7 Å². The highest BCUT2D eigenvalue weighted by Gasteiger charge is 2.51. The zero-order chi connectivity index (χ0) is 22.8. The van der Waals surface area contributed by atoms with Crippen molar-refractivity contribution in [3.8, 4) is 11.1 Å². The van der Waals surface area contributed by atoms with E-state index in [1.165, 1.54) is 19.3 Å². The molecule has 4 heterocycles. The second-order valence-electron chi connectivity index (χ2n) is 9.56. The Morgan fingerprint density at radius 3 is 2.85 bits per heavy atom. The number of aromatic nitrogens is 3. The van der Waals surface area contributed by atoms with Gasteiger partial charge < -0.3 is 19.6 Å². The van der Waals surface area contributed by atoms with E-state index in [1.807, 2.05) is 36.5 Å². The number of anilines is 1. The highest BCUT2D eigenvalue weighted by Crippen LogP contribution is 2.47. The van der Waals surface area contributed by atoms with Crippen LogP contribution in [0, 0.1) is 5.41 Å². The van der Waals surface area contributed by atoms with Gasteiger partial charge >= 0.3 is 6.09 Å². The molecule has 0 unspecified atom stereocenters. The first-order valence-electron chi connectivity index (χ1n) is 12.1. The lowest BCUT2D eigenvalue weighted by molar-refractivity contribution is -0.00294. The molecule has 1 saturated carbocycles. The molecule has 3 fully saturated rings. The summed E-state index contributed by atoms with van der Waals surface area (Å²) >= 11 is 0. The number of nitrogens with zero attached hydrogens (tertiary/aromatic N) is 6. The number of aliphatic hydroxyl groups excluding tert-OH is 1. The summed E-state index contributed by atoms with van der Waals surface area (Å²) in [6, 6.07) is 4.67. The second-order valence-corrected chi connectivity index (χ2v) is 9.56. The molecule has 0 bridgehead atoms. The van der Waals surface area contributed by atoms with Gasteiger partial charge in [0.2, 0.25) is 0 Å². The zero-order valence-corrected chi connectivity index (χ0v) is 19.4. The van der Waals surface area contributed by atoms with Crippen molar-refractivity contribution in [1.82, 2.24) is 24.6 Å². The molecule has 0 aromatic carbocycles. The topological polar surface area (TPSA) is 87.0 Å². The van der Waals surface area contributed by atoms with Gasteiger partial charge in [0.1, 0.15) is 5.82 Å². The third-order valence-corrected chi connectivity index (χ3v) is 7.45. The predicted molar refractivity (Wildman–Crippen MR) is 125 cm³/mol. The van der Waals surface area contributed by atoms with Crippen molar-refractivity contribution in [3.63, 3.8) is 0 Å². The van der Waals surface area contributed by atoms with E-state index >= 15 is 0 Å². The summed E-state index contributed by atoms with van der Waals surface area (Å²) in [5, 5.41) is 13.5. The largest absolute Gasteiger partial charge is 0.450 e. The van der Waals surface area contributed by atoms with Crippen LogP contribution in [0.5, 0.6) is 0 Å². The number of pyridine rings is 1. The Labute approximate surface area is 194 Å². The number of carbonyl (C=O) groups is 1. The van der Waals surface area contributed by atoms with E-state index in [4.69, 9.17) is 9.72 Å². The minimum Gasteiger partial charge on any atom is -0.450 e. The van der Waals surface area contributed by atoms with Crippen molar-refractivity contribution in [1.29, 1.82) is 0 Å². The Kier molecular flexibility index (Phi) is 6.25. The lowest BCUT2D eigenvalue weighted by atomic mass is 9.78. The number of amides is 1. The summed E-state index contributed by atoms with van der Waals surface area (Å²) in [6.07, 6.45) is 9.13. The SMILES string of the molecule is CCOC(=O)N1CC2(CC[C@@H](N3CCN(c4ncccc4-c4cnn(CCO)c4)CC3)C2)C1. The molecule has 9 heteroatoms. The smallest absolute Gasteiger partial charge is 0.409 e. The fourth-order valence-electron chi connectivity index (χ4n) is 5.78. The van der Waals surface area contributed by atoms with Crippen LogP contribution in [-0.2, 0) is 11.3 Å². The summed E-state index contributed by atoms with van der Waals surface area (Å²) in [4.78, 5) is 23.5. The van der Waals surface area contributed by atoms with Crippen molar-refractivity contribution < 1.29 is 14.6 Å². The third-order valence-electron chi connectivity index (χ3n) is 7.45. The first-order chi connectivity index (χ1) is 16.1. The van der Waals surface area contributed by atoms with Crippen molar-refractivity contribution in [2.24, 2.45) is 5.41 Å². The number of piperazine rings is 1. The molecule has 2 saturated heterocycles. The highest BCUT2D eigenvalue weighted by atomic mass is 16.6. The normalized spacial score (nSPS) is 22.5. The van der Waals surface area contributed by atoms with Gasteiger partial charge in [-0.15, -0.1) is 0 Å². The van der Waals surface area contributed by atoms with Gasteiger partial charge in [0.05, 0.1) is 26.0 Å². The quantitative estimate of drug-likeness (QED) is 0.715. The van der Waals surface area contributed by atoms with E-state index < -0.39 is 0 Å². The van der Waals surface area contributed by atoms with E-state index in [0.717, 1.165) is 56.2 Å². The van der Waals surface area contributed by atoms with E-state index in [-0.39, 0.29) is 12.7 Å². The molecule has 9 nitrogen and oxygen atoms in total. The van der Waals surface area contributed by atoms with E-state index in [9.17, 15) is 9.90 Å². The third kappa shape index (κ3) is 4.44. The standard InChI is InChI=1S/C24H34N6O3/c1-2-33-23(32)29-17-24(18-29)6-5-20(14-24)27-8-10-28(11-9-27)22-21(4-3-7-25-22)19-15-26-30(16-19)12-13-31/h3-4,7,15-16,20,31H,2,5-6,8-14,17-18H2,1H3/t20-/m1/s1. The molecule has 1 N–H and O–H groups in total. The molecule has 1 atom stereocenters. The summed E-state index contributed by atoms with van der Waals surface area (Å²) in [5.41, 5.74) is 2.42. The van der Waals surface area contributed by atoms with Gasteiger partial charge in [0, 0.05) is 74.2 Å². The summed E-state index contributed by atoms with van der Waals surface area (Å²) in [6.45, 7) is 8.54. The predicted octanol–water partition coefficient (Wildman–Crippen LogP) is 2.07. The van der Waals surface area contributed by atoms with Crippen LogP contribution < -0.4 is 4.90 Å². The minimum absolute atomic E-state index is 0.0757. The molecule has 2 aromatic rings. The lowest BCUT2D eigenvalue weighted by Crippen LogP contribution is -2.58. The Morgan fingerprint density at radius 2 is 2.09 bits per heavy atom. The van der Waals surface area contributed by atoms with Crippen LogP contribution in [0.25, 0.3) is 11.1 Å². The fraction of sp³-hybridized carbons (Fsp3) is 0.625. The number of ether oxygens (including phenoxy) is 1. The van der Waals surface area contributed by atoms with E-state index in [2.05, 4.69) is 21.0 Å². The fourth-order valence-corrected chi connectivity index (χ4v) is 5.78. The number of hydrogen-bond donors (Lipinski definition) is 1. The molecule has 178 valence electrons. The van der Waals surface area contributed by atoms with Gasteiger partial charge in [-0.05, 0) is 38.3 Å². The first-order valence-corrected chi connectivity index (χ1v) is 12.1. The number of aliphatic hydroxyl groups is 1. The summed E-state index contributed by atoms with van der Waals surface area (Å²) in [7, 11) is 0. The van der Waals surface area contributed by atoms with Crippen molar-refractivity contribution in [2.75, 3.05) is 57.4 Å². The van der Waals surface area contributed by atoms with Gasteiger partial charge in [0.15, 0.2) is 0 Å². The maximum atomic E-state index is 11.9. The molecular formula is C24H34N6O3. The van der Waals surface area contributed by atoms with Crippen LogP contribution in [0.2, 0.25) is 0 Å². The van der Waals surface area contributed by atoms with Gasteiger partial charge in [-0.1, -0.05) is 0 Å². The van der Waals surface area contributed by atoms with Gasteiger partial charge in [-0.2, -0.15) is 5.10 Å². The summed E-state index contributed by atoms with van der Waals surface area (Å²) < 4.78 is 6.92. The second kappa shape index (κ2) is 9.30. The molecular weight excluding hydrogens is 420 g/mol. The van der Waals surface area contributed by atoms with Crippen LogP contribution in [0.4, 0.5) is 10.6 Å². The maximum Gasteiger partial charge on any atom is 0.409 e. The number of carbonyl (C=O) groups excluding carboxylic acids is 1. The van der Waals surface area contributed by atoms with Gasteiger partial charge in [-0.3, -0.25) is 9.58 Å². The molecule has 3 aliphatic rings. The molecule has 5 rings (SSSR count). The monoisotopic (exact) mass is 454 g/mol. The molecule has 2 aromatic heterocycles. The van der Waals surface area contributed by atoms with Gasteiger partial charge in [0.25, 0.3) is 0 Å². The van der Waals surface area contributed by atoms with Crippen LogP contribution in [0.3, 0.4) is 0 Å². The van der Waals surface area contributed by atoms with Crippen LogP contribution in [0.1, 0.15) is 26.2 Å². The van der Waals surface area contributed by atoms with Gasteiger partial charge in [-0.25, -0.2) is 9.78 Å². The Bertz CT molecular complexity index is 965.